The van der Waals surface area contributed by atoms with Crippen LogP contribution >= 0.6 is 0 Å². The van der Waals surface area contributed by atoms with Crippen molar-refractivity contribution in [3.63, 3.8) is 0 Å². The fourth-order valence-corrected chi connectivity index (χ4v) is 6.21. The summed E-state index contributed by atoms with van der Waals surface area (Å²) >= 11 is 0. The lowest BCUT2D eigenvalue weighted by atomic mass is 9.79. The third-order valence-corrected chi connectivity index (χ3v) is 12.7. The van der Waals surface area contributed by atoms with Gasteiger partial charge in [0, 0.05) is 13.0 Å². The molecular formula is C31H60O7Si. The number of aliphatic hydroxyl groups excluding tert-OH is 1. The van der Waals surface area contributed by atoms with Gasteiger partial charge in [-0.2, -0.15) is 0 Å². The van der Waals surface area contributed by atoms with Gasteiger partial charge in [-0.1, -0.05) is 46.8 Å². The topological polar surface area (TPSA) is 83.5 Å². The van der Waals surface area contributed by atoms with E-state index < -0.39 is 20.0 Å². The molecule has 1 aliphatic carbocycles. The van der Waals surface area contributed by atoms with Crippen molar-refractivity contribution in [2.45, 2.75) is 136 Å². The van der Waals surface area contributed by atoms with Crippen LogP contribution in [0.15, 0.2) is 12.2 Å². The summed E-state index contributed by atoms with van der Waals surface area (Å²) in [6, 6.07) is 0. The fraction of sp³-hybridized carbons (Fsp3) is 0.903. The monoisotopic (exact) mass is 572 g/mol. The van der Waals surface area contributed by atoms with Gasteiger partial charge in [-0.05, 0) is 82.8 Å². The van der Waals surface area contributed by atoms with Crippen LogP contribution in [0.4, 0.5) is 0 Å². The Bertz CT molecular complexity index is 725. The molecule has 0 fully saturated rings. The van der Waals surface area contributed by atoms with Crippen molar-refractivity contribution < 1.29 is 33.3 Å². The minimum Gasteiger partial charge on any atom is -0.460 e. The standard InChI is InChI=1S/C31H60O7Si/c1-12-25(36-22-35-20-19-34-9)16-14-18-27(32)23(2)29(38-39(10,11)31(6,7)8)26-17-13-15-24(26)21-28(33)37-30(3,4)5/h13,15,23-27,29,32H,12,14,16-22H2,1-11H3/t23-,24+,25+,26+,27-,29+/m1/s1. The van der Waals surface area contributed by atoms with Crippen molar-refractivity contribution in [3.05, 3.63) is 12.2 Å². The zero-order valence-corrected chi connectivity index (χ0v) is 27.9. The minimum atomic E-state index is -2.13. The van der Waals surface area contributed by atoms with E-state index in [0.717, 1.165) is 25.7 Å². The Labute approximate surface area is 240 Å². The Kier molecular flexibility index (Phi) is 15.4. The lowest BCUT2D eigenvalue weighted by Gasteiger charge is -2.45. The van der Waals surface area contributed by atoms with Gasteiger partial charge in [0.05, 0.1) is 37.9 Å². The predicted octanol–water partition coefficient (Wildman–Crippen LogP) is 6.88. The van der Waals surface area contributed by atoms with Crippen molar-refractivity contribution in [2.75, 3.05) is 27.1 Å². The maximum absolute atomic E-state index is 12.7. The smallest absolute Gasteiger partial charge is 0.306 e. The number of esters is 1. The van der Waals surface area contributed by atoms with E-state index in [9.17, 15) is 9.90 Å². The Balaban J connectivity index is 2.90. The molecule has 1 rings (SSSR count). The van der Waals surface area contributed by atoms with Crippen LogP contribution in [0.2, 0.25) is 18.1 Å². The zero-order valence-electron chi connectivity index (χ0n) is 26.9. The van der Waals surface area contributed by atoms with Gasteiger partial charge in [0.1, 0.15) is 12.4 Å². The van der Waals surface area contributed by atoms with Crippen LogP contribution in [-0.4, -0.2) is 70.4 Å². The molecule has 0 saturated carbocycles. The van der Waals surface area contributed by atoms with Crippen molar-refractivity contribution in [2.24, 2.45) is 17.8 Å². The van der Waals surface area contributed by atoms with E-state index in [1.54, 1.807) is 7.11 Å². The number of methoxy groups -OCH3 is 1. The van der Waals surface area contributed by atoms with E-state index in [2.05, 4.69) is 59.9 Å². The molecule has 0 amide bonds. The average molecular weight is 573 g/mol. The summed E-state index contributed by atoms with van der Waals surface area (Å²) in [5, 5.41) is 11.4. The molecule has 0 aromatic rings. The molecule has 0 aromatic carbocycles. The van der Waals surface area contributed by atoms with E-state index in [4.69, 9.17) is 23.4 Å². The zero-order chi connectivity index (χ0) is 29.9. The third-order valence-electron chi connectivity index (χ3n) is 8.25. The number of hydrogen-bond acceptors (Lipinski definition) is 7. The number of hydrogen-bond donors (Lipinski definition) is 1. The van der Waals surface area contributed by atoms with Crippen molar-refractivity contribution in [1.82, 2.24) is 0 Å². The largest absolute Gasteiger partial charge is 0.460 e. The van der Waals surface area contributed by atoms with Crippen molar-refractivity contribution in [3.8, 4) is 0 Å². The van der Waals surface area contributed by atoms with Gasteiger partial charge in [-0.25, -0.2) is 0 Å². The highest BCUT2D eigenvalue weighted by atomic mass is 28.4. The Morgan fingerprint density at radius 2 is 1.77 bits per heavy atom. The lowest BCUT2D eigenvalue weighted by Crippen LogP contribution is -2.50. The molecule has 1 N–H and O–H groups in total. The summed E-state index contributed by atoms with van der Waals surface area (Å²) in [4.78, 5) is 12.7. The molecule has 0 aromatic heterocycles. The van der Waals surface area contributed by atoms with Crippen LogP contribution in [0.3, 0.4) is 0 Å². The lowest BCUT2D eigenvalue weighted by molar-refractivity contribution is -0.156. The van der Waals surface area contributed by atoms with Crippen molar-refractivity contribution in [1.29, 1.82) is 0 Å². The van der Waals surface area contributed by atoms with Gasteiger partial charge < -0.3 is 28.5 Å². The first-order chi connectivity index (χ1) is 18.0. The van der Waals surface area contributed by atoms with Crippen LogP contribution in [0.5, 0.6) is 0 Å². The maximum Gasteiger partial charge on any atom is 0.306 e. The molecule has 230 valence electrons. The first-order valence-electron chi connectivity index (χ1n) is 14.9. The molecule has 0 heterocycles. The molecule has 0 bridgehead atoms. The second-order valence-electron chi connectivity index (χ2n) is 13.7. The average Bonchev–Trinajstić information content (AvgIpc) is 3.26. The highest BCUT2D eigenvalue weighted by Gasteiger charge is 2.45. The van der Waals surface area contributed by atoms with Gasteiger partial charge in [-0.3, -0.25) is 4.79 Å². The number of rotatable bonds is 18. The minimum absolute atomic E-state index is 0.0413. The molecule has 7 nitrogen and oxygen atoms in total. The number of allylic oxidation sites excluding steroid dienone is 2. The molecule has 0 saturated heterocycles. The maximum atomic E-state index is 12.7. The molecule has 8 heteroatoms. The van der Waals surface area contributed by atoms with E-state index >= 15 is 0 Å². The third kappa shape index (κ3) is 13.2. The van der Waals surface area contributed by atoms with Crippen LogP contribution < -0.4 is 0 Å². The molecular weight excluding hydrogens is 512 g/mol. The summed E-state index contributed by atoms with van der Waals surface area (Å²) < 4.78 is 29.0. The predicted molar refractivity (Wildman–Crippen MR) is 160 cm³/mol. The summed E-state index contributed by atoms with van der Waals surface area (Å²) in [7, 11) is -0.479. The molecule has 0 aliphatic heterocycles. The normalized spacial score (nSPS) is 21.5. The summed E-state index contributed by atoms with van der Waals surface area (Å²) in [6.45, 7) is 22.5. The van der Waals surface area contributed by atoms with E-state index in [1.807, 2.05) is 20.8 Å². The first-order valence-corrected chi connectivity index (χ1v) is 17.9. The number of aliphatic hydroxyl groups is 1. The summed E-state index contributed by atoms with van der Waals surface area (Å²) in [6.07, 6.45) is 8.26. The summed E-state index contributed by atoms with van der Waals surface area (Å²) in [5.41, 5.74) is -0.508. The van der Waals surface area contributed by atoms with Crippen LogP contribution in [0.1, 0.15) is 93.9 Å². The van der Waals surface area contributed by atoms with Gasteiger partial charge >= 0.3 is 5.97 Å². The number of carbonyl (C=O) groups is 1. The van der Waals surface area contributed by atoms with Crippen LogP contribution in [0, 0.1) is 17.8 Å². The van der Waals surface area contributed by atoms with Gasteiger partial charge in [0.15, 0.2) is 8.32 Å². The van der Waals surface area contributed by atoms with Gasteiger partial charge in [-0.15, -0.1) is 0 Å². The quantitative estimate of drug-likeness (QED) is 0.0630. The Hall–Kier alpha value is -0.773. The summed E-state index contributed by atoms with van der Waals surface area (Å²) in [5.74, 6) is -0.0730. The molecule has 0 unspecified atom stereocenters. The van der Waals surface area contributed by atoms with E-state index in [0.29, 0.717) is 26.1 Å². The van der Waals surface area contributed by atoms with Gasteiger partial charge in [0.2, 0.25) is 0 Å². The second kappa shape index (κ2) is 16.6. The van der Waals surface area contributed by atoms with E-state index in [-0.39, 0.29) is 47.8 Å². The molecule has 6 atom stereocenters. The highest BCUT2D eigenvalue weighted by molar-refractivity contribution is 6.74. The van der Waals surface area contributed by atoms with Crippen LogP contribution in [0.25, 0.3) is 0 Å². The first kappa shape index (κ1) is 36.3. The highest BCUT2D eigenvalue weighted by Crippen LogP contribution is 2.43. The SMILES string of the molecule is CC[C@@H](CCC[C@@H](O)[C@@H](C)[C@H](O[Si](C)(C)C(C)(C)C)[C@H]1CC=C[C@H]1CC(=O)OC(C)(C)C)OCOCCOC. The fourth-order valence-electron chi connectivity index (χ4n) is 4.79. The van der Waals surface area contributed by atoms with E-state index in [1.165, 1.54) is 0 Å². The number of ether oxygens (including phenoxy) is 4. The molecule has 39 heavy (non-hydrogen) atoms. The molecule has 0 radical (unpaired) electrons. The van der Waals surface area contributed by atoms with Gasteiger partial charge in [0.25, 0.3) is 0 Å². The Morgan fingerprint density at radius 3 is 2.33 bits per heavy atom. The second-order valence-corrected chi connectivity index (χ2v) is 18.5. The molecule has 0 spiro atoms. The van der Waals surface area contributed by atoms with Crippen LogP contribution in [-0.2, 0) is 28.2 Å². The van der Waals surface area contributed by atoms with Crippen molar-refractivity contribution >= 4 is 14.3 Å². The number of carbonyl (C=O) groups excluding carboxylic acids is 1. The molecule has 1 aliphatic rings. The Morgan fingerprint density at radius 1 is 1.10 bits per heavy atom.